The number of carbonyl (C=O) groups excluding carboxylic acids is 1. The number of amides is 1. The Balaban J connectivity index is 2.31. The smallest absolute Gasteiger partial charge is 0.259 e. The maximum atomic E-state index is 12.5. The van der Waals surface area contributed by atoms with Crippen LogP contribution in [0.3, 0.4) is 0 Å². The first-order chi connectivity index (χ1) is 10.0. The summed E-state index contributed by atoms with van der Waals surface area (Å²) in [6.07, 6.45) is 0. The van der Waals surface area contributed by atoms with Crippen LogP contribution in [0.1, 0.15) is 34.5 Å². The van der Waals surface area contributed by atoms with Crippen LogP contribution in [0, 0.1) is 20.8 Å². The van der Waals surface area contributed by atoms with E-state index in [4.69, 9.17) is 4.74 Å². The molecule has 1 amide bonds. The maximum absolute atomic E-state index is 12.5. The number of nitrogens with zero attached hydrogens (tertiary/aromatic N) is 2. The highest BCUT2D eigenvalue weighted by atomic mass is 16.5. The van der Waals surface area contributed by atoms with Crippen molar-refractivity contribution in [1.82, 2.24) is 9.97 Å². The second-order valence-electron chi connectivity index (χ2n) is 4.70. The van der Waals surface area contributed by atoms with Gasteiger partial charge in [0.15, 0.2) is 0 Å². The third kappa shape index (κ3) is 3.37. The summed E-state index contributed by atoms with van der Waals surface area (Å²) in [7, 11) is 0. The number of aryl methyl sites for hydroxylation is 3. The van der Waals surface area contributed by atoms with Crippen LogP contribution in [0.2, 0.25) is 0 Å². The van der Waals surface area contributed by atoms with Gasteiger partial charge in [0.25, 0.3) is 5.91 Å². The number of hydrogen-bond acceptors (Lipinski definition) is 4. The van der Waals surface area contributed by atoms with Crippen LogP contribution in [-0.4, -0.2) is 22.5 Å². The molecule has 0 radical (unpaired) electrons. The van der Waals surface area contributed by atoms with Crippen molar-refractivity contribution < 1.29 is 9.53 Å². The molecule has 0 fully saturated rings. The fourth-order valence-corrected chi connectivity index (χ4v) is 2.25. The average Bonchev–Trinajstić information content (AvgIpc) is 2.40. The number of nitrogens with one attached hydrogen (secondary N) is 1. The fraction of sp³-hybridized carbons (Fsp3) is 0.312. The minimum absolute atomic E-state index is 0.225. The van der Waals surface area contributed by atoms with Crippen molar-refractivity contribution in [3.63, 3.8) is 0 Å². The largest absolute Gasteiger partial charge is 0.492 e. The SMILES string of the molecule is CCOc1ccccc1NC(=O)c1c(C)nc(C)nc1C. The molecule has 1 N–H and O–H groups in total. The quantitative estimate of drug-likeness (QED) is 0.937. The van der Waals surface area contributed by atoms with E-state index in [9.17, 15) is 4.79 Å². The second-order valence-corrected chi connectivity index (χ2v) is 4.70. The van der Waals surface area contributed by atoms with Gasteiger partial charge < -0.3 is 10.1 Å². The molecular formula is C16H19N3O2. The standard InChI is InChI=1S/C16H19N3O2/c1-5-21-14-9-7-6-8-13(14)19-16(20)15-10(2)17-12(4)18-11(15)3/h6-9H,5H2,1-4H3,(H,19,20). The molecule has 0 atom stereocenters. The van der Waals surface area contributed by atoms with Gasteiger partial charge in [-0.05, 0) is 39.8 Å². The Morgan fingerprint density at radius 3 is 2.38 bits per heavy atom. The van der Waals surface area contributed by atoms with E-state index in [1.807, 2.05) is 52.0 Å². The molecule has 5 heteroatoms. The number of anilines is 1. The lowest BCUT2D eigenvalue weighted by Gasteiger charge is -2.13. The fourth-order valence-electron chi connectivity index (χ4n) is 2.25. The van der Waals surface area contributed by atoms with Crippen molar-refractivity contribution in [2.45, 2.75) is 27.7 Å². The van der Waals surface area contributed by atoms with Crippen LogP contribution in [0.4, 0.5) is 5.69 Å². The Bertz CT molecular complexity index is 645. The summed E-state index contributed by atoms with van der Waals surface area (Å²) < 4.78 is 5.51. The van der Waals surface area contributed by atoms with E-state index < -0.39 is 0 Å². The summed E-state index contributed by atoms with van der Waals surface area (Å²) in [5.74, 6) is 1.09. The first kappa shape index (κ1) is 15.0. The third-order valence-electron chi connectivity index (χ3n) is 3.04. The van der Waals surface area contributed by atoms with Crippen LogP contribution < -0.4 is 10.1 Å². The van der Waals surface area contributed by atoms with Crippen molar-refractivity contribution in [1.29, 1.82) is 0 Å². The molecule has 2 rings (SSSR count). The summed E-state index contributed by atoms with van der Waals surface area (Å²) in [6.45, 7) is 7.88. The Hall–Kier alpha value is -2.43. The number of aromatic nitrogens is 2. The normalized spacial score (nSPS) is 10.3. The molecule has 0 aliphatic carbocycles. The number of para-hydroxylation sites is 2. The van der Waals surface area contributed by atoms with Crippen molar-refractivity contribution in [2.75, 3.05) is 11.9 Å². The van der Waals surface area contributed by atoms with Gasteiger partial charge in [-0.1, -0.05) is 12.1 Å². The van der Waals surface area contributed by atoms with Crippen LogP contribution >= 0.6 is 0 Å². The van der Waals surface area contributed by atoms with Gasteiger partial charge in [0, 0.05) is 0 Å². The number of hydrogen-bond donors (Lipinski definition) is 1. The van der Waals surface area contributed by atoms with E-state index in [0.29, 0.717) is 40.8 Å². The molecule has 1 aromatic heterocycles. The number of benzene rings is 1. The number of ether oxygens (including phenoxy) is 1. The van der Waals surface area contributed by atoms with Gasteiger partial charge >= 0.3 is 0 Å². The van der Waals surface area contributed by atoms with Crippen molar-refractivity contribution in [3.8, 4) is 5.75 Å². The predicted octanol–water partition coefficient (Wildman–Crippen LogP) is 3.05. The van der Waals surface area contributed by atoms with Crippen molar-refractivity contribution in [3.05, 3.63) is 47.0 Å². The lowest BCUT2D eigenvalue weighted by Crippen LogP contribution is -2.18. The molecule has 0 saturated heterocycles. The molecule has 0 spiro atoms. The van der Waals surface area contributed by atoms with Gasteiger partial charge in [0.1, 0.15) is 11.6 Å². The second kappa shape index (κ2) is 6.35. The van der Waals surface area contributed by atoms with E-state index in [1.165, 1.54) is 0 Å². The highest BCUT2D eigenvalue weighted by molar-refractivity contribution is 6.06. The molecule has 1 aromatic carbocycles. The minimum atomic E-state index is -0.225. The van der Waals surface area contributed by atoms with Gasteiger partial charge in [-0.2, -0.15) is 0 Å². The van der Waals surface area contributed by atoms with Crippen LogP contribution in [-0.2, 0) is 0 Å². The van der Waals surface area contributed by atoms with Crippen LogP contribution in [0.15, 0.2) is 24.3 Å². The lowest BCUT2D eigenvalue weighted by atomic mass is 10.1. The Kier molecular flexibility index (Phi) is 4.52. The molecule has 2 aromatic rings. The first-order valence-corrected chi connectivity index (χ1v) is 6.88. The third-order valence-corrected chi connectivity index (χ3v) is 3.04. The lowest BCUT2D eigenvalue weighted by molar-refractivity contribution is 0.102. The van der Waals surface area contributed by atoms with Crippen LogP contribution in [0.5, 0.6) is 5.75 Å². The van der Waals surface area contributed by atoms with E-state index in [0.717, 1.165) is 0 Å². The van der Waals surface area contributed by atoms with Crippen molar-refractivity contribution >= 4 is 11.6 Å². The Morgan fingerprint density at radius 1 is 1.14 bits per heavy atom. The number of rotatable bonds is 4. The molecule has 0 saturated carbocycles. The molecule has 1 heterocycles. The summed E-state index contributed by atoms with van der Waals surface area (Å²) in [5.41, 5.74) is 2.49. The van der Waals surface area contributed by atoms with Gasteiger partial charge in [-0.3, -0.25) is 4.79 Å². The maximum Gasteiger partial charge on any atom is 0.259 e. The Morgan fingerprint density at radius 2 is 1.76 bits per heavy atom. The monoisotopic (exact) mass is 285 g/mol. The minimum Gasteiger partial charge on any atom is -0.492 e. The van der Waals surface area contributed by atoms with Gasteiger partial charge in [0.2, 0.25) is 0 Å². The van der Waals surface area contributed by atoms with Gasteiger partial charge in [0.05, 0.1) is 29.2 Å². The zero-order valence-corrected chi connectivity index (χ0v) is 12.7. The van der Waals surface area contributed by atoms with Crippen molar-refractivity contribution in [2.24, 2.45) is 0 Å². The highest BCUT2D eigenvalue weighted by Gasteiger charge is 2.16. The molecule has 0 aliphatic rings. The summed E-state index contributed by atoms with van der Waals surface area (Å²) >= 11 is 0. The number of carbonyl (C=O) groups is 1. The highest BCUT2D eigenvalue weighted by Crippen LogP contribution is 2.24. The average molecular weight is 285 g/mol. The predicted molar refractivity (Wildman–Crippen MR) is 81.8 cm³/mol. The molecule has 0 aliphatic heterocycles. The molecule has 5 nitrogen and oxygen atoms in total. The van der Waals surface area contributed by atoms with Crippen LogP contribution in [0.25, 0.3) is 0 Å². The zero-order chi connectivity index (χ0) is 15.4. The summed E-state index contributed by atoms with van der Waals surface area (Å²) in [5, 5.41) is 2.87. The summed E-state index contributed by atoms with van der Waals surface area (Å²) in [6, 6.07) is 7.35. The van der Waals surface area contributed by atoms with E-state index in [1.54, 1.807) is 0 Å². The Labute approximate surface area is 124 Å². The molecule has 0 unspecified atom stereocenters. The first-order valence-electron chi connectivity index (χ1n) is 6.88. The molecular weight excluding hydrogens is 266 g/mol. The van der Waals surface area contributed by atoms with Gasteiger partial charge in [-0.15, -0.1) is 0 Å². The van der Waals surface area contributed by atoms with E-state index in [-0.39, 0.29) is 5.91 Å². The molecule has 21 heavy (non-hydrogen) atoms. The topological polar surface area (TPSA) is 64.1 Å². The van der Waals surface area contributed by atoms with E-state index in [2.05, 4.69) is 15.3 Å². The summed E-state index contributed by atoms with van der Waals surface area (Å²) in [4.78, 5) is 21.0. The van der Waals surface area contributed by atoms with E-state index >= 15 is 0 Å². The molecule has 0 bridgehead atoms. The molecule has 110 valence electrons. The van der Waals surface area contributed by atoms with Gasteiger partial charge in [-0.25, -0.2) is 9.97 Å². The zero-order valence-electron chi connectivity index (χ0n) is 12.7.